The molecule has 0 fully saturated rings. The molecule has 0 aliphatic rings. The smallest absolute Gasteiger partial charge is 0.328 e. The zero-order valence-electron chi connectivity index (χ0n) is 15.0. The number of methoxy groups -OCH3 is 1. The molecule has 0 radical (unpaired) electrons. The normalized spacial score (nSPS) is 11.9. The molecule has 1 unspecified atom stereocenters. The van der Waals surface area contributed by atoms with Gasteiger partial charge in [-0.25, -0.2) is 13.6 Å². The van der Waals surface area contributed by atoms with Crippen LogP contribution in [0, 0.1) is 11.6 Å². The predicted molar refractivity (Wildman–Crippen MR) is 99.3 cm³/mol. The molecule has 0 heterocycles. The van der Waals surface area contributed by atoms with Gasteiger partial charge in [0, 0.05) is 12.7 Å². The summed E-state index contributed by atoms with van der Waals surface area (Å²) in [7, 11) is 2.98. The molecule has 0 aliphatic carbocycles. The van der Waals surface area contributed by atoms with Crippen LogP contribution in [0.1, 0.15) is 22.3 Å². The fourth-order valence-corrected chi connectivity index (χ4v) is 2.40. The lowest BCUT2D eigenvalue weighted by Gasteiger charge is -2.15. The number of rotatable bonds is 7. The van der Waals surface area contributed by atoms with Gasteiger partial charge in [-0.05, 0) is 36.2 Å². The third-order valence-corrected chi connectivity index (χ3v) is 3.86. The molecule has 0 saturated carbocycles. The molecule has 5 nitrogen and oxygen atoms in total. The Morgan fingerprint density at radius 1 is 1.11 bits per heavy atom. The minimum Gasteiger partial charge on any atom is -0.467 e. The summed E-state index contributed by atoms with van der Waals surface area (Å²) >= 11 is 0. The van der Waals surface area contributed by atoms with Crippen LogP contribution in [0.25, 0.3) is 6.08 Å². The third kappa shape index (κ3) is 5.37. The molecule has 2 N–H and O–H groups in total. The predicted octanol–water partition coefficient (Wildman–Crippen LogP) is 3.38. The molecule has 27 heavy (non-hydrogen) atoms. The fourth-order valence-electron chi connectivity index (χ4n) is 2.40. The second-order valence-electron chi connectivity index (χ2n) is 5.66. The average molecular weight is 374 g/mol. The Hall–Kier alpha value is -3.22. The maximum atomic E-state index is 13.7. The van der Waals surface area contributed by atoms with E-state index >= 15 is 0 Å². The standard InChI is InChI=1S/C20H20F2N2O3/c1-23-14-11-9-13(10-12-14)5-3-8-17(20(26)27-2)24-19(25)18-15(21)6-4-7-16(18)22/h3-7,9-12,17,23H,8H2,1-2H3,(H,24,25)/b5-3+. The van der Waals surface area contributed by atoms with Crippen LogP contribution in [0.4, 0.5) is 14.5 Å². The highest BCUT2D eigenvalue weighted by molar-refractivity contribution is 5.97. The van der Waals surface area contributed by atoms with Crippen LogP contribution >= 0.6 is 0 Å². The van der Waals surface area contributed by atoms with E-state index in [1.165, 1.54) is 7.11 Å². The van der Waals surface area contributed by atoms with Gasteiger partial charge in [-0.3, -0.25) is 4.79 Å². The average Bonchev–Trinajstić information content (AvgIpc) is 2.67. The third-order valence-electron chi connectivity index (χ3n) is 3.86. The Bertz CT molecular complexity index is 815. The lowest BCUT2D eigenvalue weighted by molar-refractivity contribution is -0.142. The molecule has 142 valence electrons. The molecule has 1 amide bonds. The number of amides is 1. The van der Waals surface area contributed by atoms with Crippen LogP contribution in [-0.2, 0) is 9.53 Å². The number of anilines is 1. The molecule has 1 atom stereocenters. The SMILES string of the molecule is CNc1ccc(/C=C/CC(NC(=O)c2c(F)cccc2F)C(=O)OC)cc1. The number of hydrogen-bond acceptors (Lipinski definition) is 4. The zero-order chi connectivity index (χ0) is 19.8. The Labute approximate surface area is 156 Å². The van der Waals surface area contributed by atoms with Crippen molar-refractivity contribution in [2.45, 2.75) is 12.5 Å². The Morgan fingerprint density at radius 2 is 1.74 bits per heavy atom. The van der Waals surface area contributed by atoms with Crippen LogP contribution < -0.4 is 10.6 Å². The van der Waals surface area contributed by atoms with Crippen molar-refractivity contribution in [1.29, 1.82) is 0 Å². The van der Waals surface area contributed by atoms with Crippen molar-refractivity contribution in [2.24, 2.45) is 0 Å². The van der Waals surface area contributed by atoms with Gasteiger partial charge in [0.1, 0.15) is 23.2 Å². The van der Waals surface area contributed by atoms with Crippen LogP contribution in [0.2, 0.25) is 0 Å². The van der Waals surface area contributed by atoms with E-state index in [9.17, 15) is 18.4 Å². The molecular weight excluding hydrogens is 354 g/mol. The van der Waals surface area contributed by atoms with E-state index in [0.29, 0.717) is 0 Å². The summed E-state index contributed by atoms with van der Waals surface area (Å²) in [6.45, 7) is 0. The van der Waals surface area contributed by atoms with Gasteiger partial charge in [-0.15, -0.1) is 0 Å². The van der Waals surface area contributed by atoms with E-state index in [1.807, 2.05) is 31.3 Å². The van der Waals surface area contributed by atoms with Crippen molar-refractivity contribution < 1.29 is 23.1 Å². The van der Waals surface area contributed by atoms with Gasteiger partial charge in [0.05, 0.1) is 7.11 Å². The van der Waals surface area contributed by atoms with Crippen molar-refractivity contribution in [2.75, 3.05) is 19.5 Å². The largest absolute Gasteiger partial charge is 0.467 e. The minimum absolute atomic E-state index is 0.0995. The molecule has 0 aliphatic heterocycles. The summed E-state index contributed by atoms with van der Waals surface area (Å²) < 4.78 is 32.1. The lowest BCUT2D eigenvalue weighted by Crippen LogP contribution is -2.41. The number of esters is 1. The van der Waals surface area contributed by atoms with E-state index in [-0.39, 0.29) is 6.42 Å². The first-order valence-corrected chi connectivity index (χ1v) is 8.23. The Balaban J connectivity index is 2.09. The van der Waals surface area contributed by atoms with Crippen LogP contribution in [0.15, 0.2) is 48.5 Å². The molecule has 0 aromatic heterocycles. The van der Waals surface area contributed by atoms with Gasteiger partial charge >= 0.3 is 5.97 Å². The van der Waals surface area contributed by atoms with Gasteiger partial charge in [0.15, 0.2) is 0 Å². The number of ether oxygens (including phenoxy) is 1. The summed E-state index contributed by atoms with van der Waals surface area (Å²) in [5, 5.41) is 5.32. The maximum absolute atomic E-state index is 13.7. The van der Waals surface area contributed by atoms with Crippen LogP contribution in [-0.4, -0.2) is 32.1 Å². The van der Waals surface area contributed by atoms with Crippen molar-refractivity contribution in [3.63, 3.8) is 0 Å². The highest BCUT2D eigenvalue weighted by Crippen LogP contribution is 2.14. The monoisotopic (exact) mass is 374 g/mol. The number of hydrogen-bond donors (Lipinski definition) is 2. The Kier molecular flexibility index (Phi) is 7.05. The first-order valence-electron chi connectivity index (χ1n) is 8.23. The summed E-state index contributed by atoms with van der Waals surface area (Å²) in [6, 6.07) is 9.56. The van der Waals surface area contributed by atoms with Crippen molar-refractivity contribution >= 4 is 23.6 Å². The second-order valence-corrected chi connectivity index (χ2v) is 5.66. The number of carbonyl (C=O) groups excluding carboxylic acids is 2. The second kappa shape index (κ2) is 9.47. The minimum atomic E-state index is -1.07. The maximum Gasteiger partial charge on any atom is 0.328 e. The van der Waals surface area contributed by atoms with E-state index in [2.05, 4.69) is 15.4 Å². The Morgan fingerprint density at radius 3 is 2.30 bits per heavy atom. The van der Waals surface area contributed by atoms with Gasteiger partial charge in [0.2, 0.25) is 0 Å². The first-order chi connectivity index (χ1) is 13.0. The summed E-state index contributed by atoms with van der Waals surface area (Å²) in [4.78, 5) is 24.1. The van der Waals surface area contributed by atoms with Gasteiger partial charge in [-0.1, -0.05) is 30.4 Å². The summed E-state index contributed by atoms with van der Waals surface area (Å²) in [6.07, 6.45) is 3.54. The number of carbonyl (C=O) groups is 2. The van der Waals surface area contributed by atoms with Crippen LogP contribution in [0.5, 0.6) is 0 Å². The molecule has 2 rings (SSSR count). The molecule has 7 heteroatoms. The van der Waals surface area contributed by atoms with E-state index in [1.54, 1.807) is 12.2 Å². The lowest BCUT2D eigenvalue weighted by atomic mass is 10.1. The molecule has 2 aromatic rings. The van der Waals surface area contributed by atoms with Crippen molar-refractivity contribution in [3.05, 3.63) is 71.3 Å². The van der Waals surface area contributed by atoms with E-state index < -0.39 is 35.1 Å². The molecule has 2 aromatic carbocycles. The quantitative estimate of drug-likeness (QED) is 0.729. The molecule has 0 saturated heterocycles. The summed E-state index contributed by atoms with van der Waals surface area (Å²) in [5.74, 6) is -3.74. The highest BCUT2D eigenvalue weighted by atomic mass is 19.1. The molecular formula is C20H20F2N2O3. The van der Waals surface area contributed by atoms with E-state index in [4.69, 9.17) is 0 Å². The van der Waals surface area contributed by atoms with E-state index in [0.717, 1.165) is 29.4 Å². The first kappa shape index (κ1) is 20.1. The van der Waals surface area contributed by atoms with Gasteiger partial charge < -0.3 is 15.4 Å². The van der Waals surface area contributed by atoms with Crippen molar-refractivity contribution in [3.8, 4) is 0 Å². The highest BCUT2D eigenvalue weighted by Gasteiger charge is 2.24. The number of benzene rings is 2. The summed E-state index contributed by atoms with van der Waals surface area (Å²) in [5.41, 5.74) is 1.11. The van der Waals surface area contributed by atoms with Crippen LogP contribution in [0.3, 0.4) is 0 Å². The molecule has 0 bridgehead atoms. The molecule has 0 spiro atoms. The van der Waals surface area contributed by atoms with Gasteiger partial charge in [-0.2, -0.15) is 0 Å². The van der Waals surface area contributed by atoms with Crippen molar-refractivity contribution in [1.82, 2.24) is 5.32 Å². The zero-order valence-corrected chi connectivity index (χ0v) is 15.0. The number of halogens is 2. The topological polar surface area (TPSA) is 67.4 Å². The number of nitrogens with one attached hydrogen (secondary N) is 2. The fraction of sp³-hybridized carbons (Fsp3) is 0.200. The van der Waals surface area contributed by atoms with Gasteiger partial charge in [0.25, 0.3) is 5.91 Å².